The van der Waals surface area contributed by atoms with Gasteiger partial charge in [0.1, 0.15) is 0 Å². The number of amides is 1. The number of benzene rings is 2. The van der Waals surface area contributed by atoms with Crippen molar-refractivity contribution in [1.82, 2.24) is 0 Å². The van der Waals surface area contributed by atoms with Crippen molar-refractivity contribution < 1.29 is 22.7 Å². The summed E-state index contributed by atoms with van der Waals surface area (Å²) in [4.78, 5) is 12.9. The number of rotatable bonds is 3. The highest BCUT2D eigenvalue weighted by atomic mass is 32.2. The molecule has 2 aromatic rings. The molecule has 0 saturated carbocycles. The van der Waals surface area contributed by atoms with Gasteiger partial charge >= 0.3 is 0 Å². The molecule has 0 bridgehead atoms. The van der Waals surface area contributed by atoms with E-state index in [4.69, 9.17) is 9.47 Å². The second-order valence-corrected chi connectivity index (χ2v) is 8.78. The quantitative estimate of drug-likeness (QED) is 0.834. The number of fused-ring (bicyclic) bond motifs is 2. The van der Waals surface area contributed by atoms with E-state index in [1.807, 2.05) is 6.92 Å². The summed E-state index contributed by atoms with van der Waals surface area (Å²) in [6.07, 6.45) is 0. The lowest BCUT2D eigenvalue weighted by Crippen LogP contribution is -2.20. The van der Waals surface area contributed by atoms with Gasteiger partial charge in [0.15, 0.2) is 11.5 Å². The van der Waals surface area contributed by atoms with Gasteiger partial charge in [0.25, 0.3) is 10.0 Å². The molecule has 2 aliphatic heterocycles. The summed E-state index contributed by atoms with van der Waals surface area (Å²) in [6, 6.07) is 9.55. The molecule has 2 heterocycles. The van der Waals surface area contributed by atoms with Gasteiger partial charge in [0.05, 0.1) is 16.3 Å². The van der Waals surface area contributed by atoms with Crippen LogP contribution in [0.1, 0.15) is 6.92 Å². The number of ether oxygens (including phenoxy) is 2. The van der Waals surface area contributed by atoms with Crippen LogP contribution in [0.25, 0.3) is 0 Å². The van der Waals surface area contributed by atoms with E-state index in [0.29, 0.717) is 28.6 Å². The highest BCUT2D eigenvalue weighted by Gasteiger charge is 2.23. The minimum absolute atomic E-state index is 0.0735. The van der Waals surface area contributed by atoms with Crippen molar-refractivity contribution in [3.63, 3.8) is 0 Å². The summed E-state index contributed by atoms with van der Waals surface area (Å²) >= 11 is 1.53. The second kappa shape index (κ2) is 6.40. The maximum atomic E-state index is 12.7. The molecular formula is C17H16N2O5S2. The first-order chi connectivity index (χ1) is 12.4. The lowest BCUT2D eigenvalue weighted by atomic mass is 10.2. The van der Waals surface area contributed by atoms with Crippen LogP contribution in [0.4, 0.5) is 11.4 Å². The Morgan fingerprint density at radius 2 is 1.96 bits per heavy atom. The van der Waals surface area contributed by atoms with Gasteiger partial charge in [-0.05, 0) is 30.3 Å². The zero-order valence-corrected chi connectivity index (χ0v) is 15.4. The summed E-state index contributed by atoms with van der Waals surface area (Å²) in [5.41, 5.74) is 0.883. The Bertz CT molecular complexity index is 991. The molecular weight excluding hydrogens is 376 g/mol. The van der Waals surface area contributed by atoms with Gasteiger partial charge in [-0.3, -0.25) is 9.52 Å². The molecule has 2 aromatic carbocycles. The van der Waals surface area contributed by atoms with Crippen molar-refractivity contribution in [2.75, 3.05) is 22.6 Å². The lowest BCUT2D eigenvalue weighted by molar-refractivity contribution is -0.118. The Kier molecular flexibility index (Phi) is 4.20. The molecule has 1 atom stereocenters. The van der Waals surface area contributed by atoms with Crippen LogP contribution in [0.5, 0.6) is 11.5 Å². The van der Waals surface area contributed by atoms with E-state index in [1.54, 1.807) is 24.3 Å². The van der Waals surface area contributed by atoms with Gasteiger partial charge in [-0.15, -0.1) is 11.8 Å². The molecule has 0 aromatic heterocycles. The van der Waals surface area contributed by atoms with Crippen molar-refractivity contribution in [2.45, 2.75) is 16.7 Å². The summed E-state index contributed by atoms with van der Waals surface area (Å²) in [5, 5.41) is 2.79. The highest BCUT2D eigenvalue weighted by molar-refractivity contribution is 7.99. The Morgan fingerprint density at radius 1 is 1.15 bits per heavy atom. The number of sulfonamides is 1. The van der Waals surface area contributed by atoms with E-state index in [9.17, 15) is 13.2 Å². The molecule has 0 unspecified atom stereocenters. The molecule has 2 N–H and O–H groups in total. The van der Waals surface area contributed by atoms with Crippen LogP contribution in [-0.2, 0) is 14.8 Å². The van der Waals surface area contributed by atoms with Gasteiger partial charge < -0.3 is 14.8 Å². The van der Waals surface area contributed by atoms with E-state index >= 15 is 0 Å². The van der Waals surface area contributed by atoms with Crippen molar-refractivity contribution in [1.29, 1.82) is 0 Å². The average molecular weight is 392 g/mol. The molecule has 0 radical (unpaired) electrons. The fourth-order valence-electron chi connectivity index (χ4n) is 2.62. The molecule has 9 heteroatoms. The number of carbonyl (C=O) groups is 1. The van der Waals surface area contributed by atoms with Crippen molar-refractivity contribution in [3.05, 3.63) is 36.4 Å². The first kappa shape index (κ1) is 17.0. The van der Waals surface area contributed by atoms with Gasteiger partial charge in [0.2, 0.25) is 12.7 Å². The number of nitrogens with one attached hydrogen (secondary N) is 2. The van der Waals surface area contributed by atoms with Crippen molar-refractivity contribution >= 4 is 39.1 Å². The Labute approximate surface area is 155 Å². The second-order valence-electron chi connectivity index (χ2n) is 6.03. The molecule has 26 heavy (non-hydrogen) atoms. The molecule has 1 amide bonds. The first-order valence-corrected chi connectivity index (χ1v) is 10.4. The Hall–Kier alpha value is -2.39. The van der Waals surface area contributed by atoms with Crippen molar-refractivity contribution in [2.24, 2.45) is 5.92 Å². The number of anilines is 2. The van der Waals surface area contributed by atoms with Crippen LogP contribution in [0, 0.1) is 5.92 Å². The fourth-order valence-corrected chi connectivity index (χ4v) is 4.71. The molecule has 0 saturated heterocycles. The predicted molar refractivity (Wildman–Crippen MR) is 98.3 cm³/mol. The number of thioether (sulfide) groups is 1. The molecule has 136 valence electrons. The number of hydrogen-bond donors (Lipinski definition) is 2. The summed E-state index contributed by atoms with van der Waals surface area (Å²) in [5.74, 6) is 1.46. The third-order valence-electron chi connectivity index (χ3n) is 4.08. The standard InChI is InChI=1S/C17H16N2O5S2/c1-10-8-25-16-5-3-12(7-13(16)18-17(10)20)26(21,22)19-11-2-4-14-15(6-11)24-9-23-14/h2-7,10,19H,8-9H2,1H3,(H,18,20)/t10-/m1/s1. The van der Waals surface area contributed by atoms with Crippen molar-refractivity contribution in [3.8, 4) is 11.5 Å². The third-order valence-corrected chi connectivity index (χ3v) is 6.79. The molecule has 0 fully saturated rings. The Balaban J connectivity index is 1.62. The third kappa shape index (κ3) is 3.19. The van der Waals surface area contributed by atoms with Crippen LogP contribution < -0.4 is 19.5 Å². The minimum Gasteiger partial charge on any atom is -0.454 e. The monoisotopic (exact) mass is 392 g/mol. The topological polar surface area (TPSA) is 93.7 Å². The number of carbonyl (C=O) groups excluding carboxylic acids is 1. The first-order valence-electron chi connectivity index (χ1n) is 7.92. The lowest BCUT2D eigenvalue weighted by Gasteiger charge is -2.12. The molecule has 7 nitrogen and oxygen atoms in total. The summed E-state index contributed by atoms with van der Waals surface area (Å²) in [7, 11) is -3.81. The van der Waals surface area contributed by atoms with Gasteiger partial charge in [-0.1, -0.05) is 6.92 Å². The fraction of sp³-hybridized carbons (Fsp3) is 0.235. The highest BCUT2D eigenvalue weighted by Crippen LogP contribution is 2.36. The van der Waals surface area contributed by atoms with Gasteiger partial charge in [-0.2, -0.15) is 0 Å². The van der Waals surface area contributed by atoms with Crippen LogP contribution in [-0.4, -0.2) is 26.9 Å². The van der Waals surface area contributed by atoms with E-state index < -0.39 is 10.0 Å². The van der Waals surface area contributed by atoms with Crippen LogP contribution in [0.2, 0.25) is 0 Å². The minimum atomic E-state index is -3.81. The Morgan fingerprint density at radius 3 is 2.81 bits per heavy atom. The largest absolute Gasteiger partial charge is 0.454 e. The van der Waals surface area contributed by atoms with E-state index in [2.05, 4.69) is 10.0 Å². The maximum Gasteiger partial charge on any atom is 0.261 e. The zero-order chi connectivity index (χ0) is 18.3. The van der Waals surface area contributed by atoms with Gasteiger partial charge in [-0.25, -0.2) is 8.42 Å². The average Bonchev–Trinajstić information content (AvgIpc) is 3.01. The van der Waals surface area contributed by atoms with E-state index in [-0.39, 0.29) is 23.5 Å². The van der Waals surface area contributed by atoms with E-state index in [1.165, 1.54) is 23.9 Å². The molecule has 2 aliphatic rings. The maximum absolute atomic E-state index is 12.7. The van der Waals surface area contributed by atoms with Crippen LogP contribution in [0.15, 0.2) is 46.2 Å². The predicted octanol–water partition coefficient (Wildman–Crippen LogP) is 2.90. The van der Waals surface area contributed by atoms with Crippen LogP contribution in [0.3, 0.4) is 0 Å². The normalized spacial score (nSPS) is 18.7. The van der Waals surface area contributed by atoms with Crippen LogP contribution >= 0.6 is 11.8 Å². The summed E-state index contributed by atoms with van der Waals surface area (Å²) in [6.45, 7) is 1.96. The molecule has 0 aliphatic carbocycles. The SMILES string of the molecule is C[C@@H]1CSc2ccc(S(=O)(=O)Nc3ccc4c(c3)OCO4)cc2NC1=O. The smallest absolute Gasteiger partial charge is 0.261 e. The molecule has 0 spiro atoms. The zero-order valence-electron chi connectivity index (χ0n) is 13.8. The van der Waals surface area contributed by atoms with Gasteiger partial charge in [0, 0.05) is 22.6 Å². The summed E-state index contributed by atoms with van der Waals surface area (Å²) < 4.78 is 38.4. The number of hydrogen-bond acceptors (Lipinski definition) is 6. The molecule has 4 rings (SSSR count). The van der Waals surface area contributed by atoms with E-state index in [0.717, 1.165) is 4.90 Å².